The van der Waals surface area contributed by atoms with Gasteiger partial charge in [0, 0.05) is 23.2 Å². The van der Waals surface area contributed by atoms with Crippen LogP contribution in [0.2, 0.25) is 0 Å². The first kappa shape index (κ1) is 13.8. The maximum absolute atomic E-state index is 11.5. The molecule has 2 heterocycles. The number of aliphatic hydroxyl groups is 1. The van der Waals surface area contributed by atoms with Gasteiger partial charge >= 0.3 is 5.97 Å². The largest absolute Gasteiger partial charge is 0.486 e. The molecule has 1 aliphatic rings. The lowest BCUT2D eigenvalue weighted by molar-refractivity contribution is -0.141. The number of aliphatic hydroxyl groups excluding tert-OH is 1. The van der Waals surface area contributed by atoms with Crippen LogP contribution < -0.4 is 9.47 Å². The van der Waals surface area contributed by atoms with Crippen LogP contribution in [0.1, 0.15) is 18.6 Å². The average molecular weight is 291 g/mol. The van der Waals surface area contributed by atoms with Crippen molar-refractivity contribution < 1.29 is 24.1 Å². The highest BCUT2D eigenvalue weighted by atomic mass is 16.6. The fourth-order valence-electron chi connectivity index (χ4n) is 2.52. The number of hydrogen-bond donors (Lipinski definition) is 1. The van der Waals surface area contributed by atoms with Crippen molar-refractivity contribution in [3.05, 3.63) is 23.9 Å². The van der Waals surface area contributed by atoms with E-state index in [1.807, 2.05) is 12.1 Å². The standard InChI is InChI=1S/C15H17NO5/c1-9(17)11-7-16(8-15(18)19-2)12-6-14-13(5-10(11)12)20-3-4-21-14/h5-7,9,17H,3-4,8H2,1-2H3. The molecule has 1 N–H and O–H groups in total. The number of esters is 1. The quantitative estimate of drug-likeness (QED) is 0.871. The Hall–Kier alpha value is -2.21. The Morgan fingerprint density at radius 1 is 1.38 bits per heavy atom. The van der Waals surface area contributed by atoms with Crippen LogP contribution in [0, 0.1) is 0 Å². The predicted octanol–water partition coefficient (Wildman–Crippen LogP) is 1.64. The zero-order chi connectivity index (χ0) is 15.0. The van der Waals surface area contributed by atoms with Gasteiger partial charge in [0.2, 0.25) is 0 Å². The second-order valence-electron chi connectivity index (χ2n) is 4.98. The number of benzene rings is 1. The summed E-state index contributed by atoms with van der Waals surface area (Å²) >= 11 is 0. The van der Waals surface area contributed by atoms with Crippen molar-refractivity contribution >= 4 is 16.9 Å². The van der Waals surface area contributed by atoms with Crippen molar-refractivity contribution in [1.82, 2.24) is 4.57 Å². The number of nitrogens with zero attached hydrogens (tertiary/aromatic N) is 1. The summed E-state index contributed by atoms with van der Waals surface area (Å²) in [7, 11) is 1.35. The number of ether oxygens (including phenoxy) is 3. The third-order valence-corrected chi connectivity index (χ3v) is 3.55. The fourth-order valence-corrected chi connectivity index (χ4v) is 2.52. The average Bonchev–Trinajstić information content (AvgIpc) is 2.83. The van der Waals surface area contributed by atoms with Gasteiger partial charge in [0.15, 0.2) is 11.5 Å². The van der Waals surface area contributed by atoms with Gasteiger partial charge in [-0.1, -0.05) is 0 Å². The van der Waals surface area contributed by atoms with Gasteiger partial charge in [0.05, 0.1) is 18.7 Å². The maximum atomic E-state index is 11.5. The zero-order valence-electron chi connectivity index (χ0n) is 12.0. The van der Waals surface area contributed by atoms with Crippen LogP contribution in [-0.2, 0) is 16.1 Å². The number of carbonyl (C=O) groups excluding carboxylic acids is 1. The molecule has 21 heavy (non-hydrogen) atoms. The van der Waals surface area contributed by atoms with Crippen LogP contribution >= 0.6 is 0 Å². The van der Waals surface area contributed by atoms with Gasteiger partial charge in [0.25, 0.3) is 0 Å². The summed E-state index contributed by atoms with van der Waals surface area (Å²) in [6, 6.07) is 3.68. The Kier molecular flexibility index (Phi) is 3.47. The molecule has 1 aromatic heterocycles. The van der Waals surface area contributed by atoms with Gasteiger partial charge in [-0.2, -0.15) is 0 Å². The van der Waals surface area contributed by atoms with Crippen LogP contribution in [0.4, 0.5) is 0 Å². The second kappa shape index (κ2) is 5.29. The van der Waals surface area contributed by atoms with E-state index in [-0.39, 0.29) is 12.5 Å². The minimum absolute atomic E-state index is 0.0827. The molecule has 1 unspecified atom stereocenters. The molecule has 2 aromatic rings. The van der Waals surface area contributed by atoms with E-state index in [0.717, 1.165) is 16.5 Å². The van der Waals surface area contributed by atoms with Crippen molar-refractivity contribution in [3.63, 3.8) is 0 Å². The Bertz CT molecular complexity index is 689. The van der Waals surface area contributed by atoms with Crippen molar-refractivity contribution in [2.75, 3.05) is 20.3 Å². The van der Waals surface area contributed by atoms with E-state index in [1.165, 1.54) is 7.11 Å². The first-order chi connectivity index (χ1) is 10.1. The van der Waals surface area contributed by atoms with Gasteiger partial charge < -0.3 is 23.9 Å². The van der Waals surface area contributed by atoms with Crippen molar-refractivity contribution in [3.8, 4) is 11.5 Å². The van der Waals surface area contributed by atoms with Crippen molar-refractivity contribution in [2.24, 2.45) is 0 Å². The highest BCUT2D eigenvalue weighted by Crippen LogP contribution is 2.38. The highest BCUT2D eigenvalue weighted by molar-refractivity contribution is 5.89. The Morgan fingerprint density at radius 3 is 2.67 bits per heavy atom. The lowest BCUT2D eigenvalue weighted by atomic mass is 10.1. The number of rotatable bonds is 3. The molecule has 0 amide bonds. The molecule has 6 nitrogen and oxygen atoms in total. The van der Waals surface area contributed by atoms with Crippen LogP contribution in [-0.4, -0.2) is 36.0 Å². The Morgan fingerprint density at radius 2 is 2.05 bits per heavy atom. The van der Waals surface area contributed by atoms with Gasteiger partial charge in [-0.25, -0.2) is 0 Å². The first-order valence-corrected chi connectivity index (χ1v) is 6.77. The molecule has 0 bridgehead atoms. The Balaban J connectivity index is 2.16. The molecule has 1 atom stereocenters. The minimum Gasteiger partial charge on any atom is -0.486 e. The second-order valence-corrected chi connectivity index (χ2v) is 4.98. The summed E-state index contributed by atoms with van der Waals surface area (Å²) in [4.78, 5) is 11.5. The molecule has 1 aliphatic heterocycles. The molecule has 112 valence electrons. The molecule has 3 rings (SSSR count). The minimum atomic E-state index is -0.644. The molecule has 0 spiro atoms. The van der Waals surface area contributed by atoms with Crippen LogP contribution in [0.15, 0.2) is 18.3 Å². The monoisotopic (exact) mass is 291 g/mol. The molecule has 0 saturated heterocycles. The van der Waals surface area contributed by atoms with Gasteiger partial charge in [-0.05, 0) is 13.0 Å². The van der Waals surface area contributed by atoms with E-state index >= 15 is 0 Å². The Labute approximate surface area is 121 Å². The smallest absolute Gasteiger partial charge is 0.325 e. The van der Waals surface area contributed by atoms with Crippen molar-refractivity contribution in [2.45, 2.75) is 19.6 Å². The molecule has 0 saturated carbocycles. The maximum Gasteiger partial charge on any atom is 0.325 e. The lowest BCUT2D eigenvalue weighted by Crippen LogP contribution is -2.15. The molecular formula is C15H17NO5. The van der Waals surface area contributed by atoms with Gasteiger partial charge in [0.1, 0.15) is 19.8 Å². The molecule has 1 aromatic carbocycles. The normalized spacial score (nSPS) is 15.0. The van der Waals surface area contributed by atoms with E-state index in [9.17, 15) is 9.90 Å². The van der Waals surface area contributed by atoms with Gasteiger partial charge in [-0.3, -0.25) is 4.79 Å². The van der Waals surface area contributed by atoms with E-state index in [4.69, 9.17) is 14.2 Å². The molecule has 0 aliphatic carbocycles. The molecule has 0 fully saturated rings. The summed E-state index contributed by atoms with van der Waals surface area (Å²) in [5, 5.41) is 10.8. The van der Waals surface area contributed by atoms with E-state index in [1.54, 1.807) is 17.7 Å². The third kappa shape index (κ3) is 2.42. The first-order valence-electron chi connectivity index (χ1n) is 6.77. The summed E-state index contributed by atoms with van der Waals surface area (Å²) in [5.41, 5.74) is 1.55. The van der Waals surface area contributed by atoms with E-state index in [2.05, 4.69) is 0 Å². The molecule has 6 heteroatoms. The zero-order valence-corrected chi connectivity index (χ0v) is 12.0. The van der Waals surface area contributed by atoms with E-state index in [0.29, 0.717) is 24.7 Å². The van der Waals surface area contributed by atoms with Crippen LogP contribution in [0.25, 0.3) is 10.9 Å². The van der Waals surface area contributed by atoms with Gasteiger partial charge in [-0.15, -0.1) is 0 Å². The topological polar surface area (TPSA) is 69.9 Å². The summed E-state index contributed by atoms with van der Waals surface area (Å²) < 4.78 is 17.6. The third-order valence-electron chi connectivity index (χ3n) is 3.55. The van der Waals surface area contributed by atoms with Crippen molar-refractivity contribution in [1.29, 1.82) is 0 Å². The highest BCUT2D eigenvalue weighted by Gasteiger charge is 2.20. The molecular weight excluding hydrogens is 274 g/mol. The number of carbonyl (C=O) groups is 1. The summed E-state index contributed by atoms with van der Waals surface area (Å²) in [5.74, 6) is 0.959. The number of methoxy groups -OCH3 is 1. The summed E-state index contributed by atoms with van der Waals surface area (Å²) in [6.07, 6.45) is 1.12. The van der Waals surface area contributed by atoms with Crippen LogP contribution in [0.5, 0.6) is 11.5 Å². The number of fused-ring (bicyclic) bond motifs is 2. The fraction of sp³-hybridized carbons (Fsp3) is 0.400. The predicted molar refractivity (Wildman–Crippen MR) is 75.6 cm³/mol. The molecule has 0 radical (unpaired) electrons. The SMILES string of the molecule is COC(=O)Cn1cc(C(C)O)c2cc3c(cc21)OCCO3. The lowest BCUT2D eigenvalue weighted by Gasteiger charge is -2.19. The number of hydrogen-bond acceptors (Lipinski definition) is 5. The summed E-state index contributed by atoms with van der Waals surface area (Å²) in [6.45, 7) is 2.78. The van der Waals surface area contributed by atoms with Crippen LogP contribution in [0.3, 0.4) is 0 Å². The van der Waals surface area contributed by atoms with E-state index < -0.39 is 6.10 Å². The number of aromatic nitrogens is 1.